The van der Waals surface area contributed by atoms with Crippen LogP contribution in [0.25, 0.3) is 0 Å². The van der Waals surface area contributed by atoms with E-state index in [0.717, 1.165) is 17.6 Å². The topological polar surface area (TPSA) is 15.3 Å². The van der Waals surface area contributed by atoms with Crippen molar-refractivity contribution in [3.8, 4) is 0 Å². The maximum atomic E-state index is 5.51. The summed E-state index contributed by atoms with van der Waals surface area (Å²) in [5.74, 6) is 0.867. The van der Waals surface area contributed by atoms with Crippen molar-refractivity contribution in [3.05, 3.63) is 0 Å². The first-order valence-electron chi connectivity index (χ1n) is 6.85. The van der Waals surface area contributed by atoms with Crippen LogP contribution in [0.15, 0.2) is 0 Å². The Bertz CT molecular complexity index is 236. The molecule has 2 rings (SSSR count). The zero-order chi connectivity index (χ0) is 11.4. The number of likely N-dealkylation sites (tertiary alicyclic amines) is 1. The van der Waals surface area contributed by atoms with Gasteiger partial charge in [-0.3, -0.25) is 0 Å². The van der Waals surface area contributed by atoms with Crippen LogP contribution in [0.2, 0.25) is 0 Å². The fraction of sp³-hybridized carbons (Fsp3) is 0.923. The third kappa shape index (κ3) is 3.09. The van der Waals surface area contributed by atoms with Gasteiger partial charge in [-0.25, -0.2) is 0 Å². The standard InChI is InChI=1S/C13H24N2S/c1-2-11-8-9-15(10-11)13(16)14-12-6-4-3-5-7-12/h11-12H,2-10H2,1H3,(H,14,16). The molecule has 1 aliphatic carbocycles. The van der Waals surface area contributed by atoms with Gasteiger partial charge in [0.1, 0.15) is 0 Å². The minimum absolute atomic E-state index is 0.655. The minimum Gasteiger partial charge on any atom is -0.360 e. The van der Waals surface area contributed by atoms with Crippen molar-refractivity contribution in [2.45, 2.75) is 57.9 Å². The number of hydrogen-bond donors (Lipinski definition) is 1. The summed E-state index contributed by atoms with van der Waals surface area (Å²) in [5, 5.41) is 4.58. The monoisotopic (exact) mass is 240 g/mol. The first-order valence-corrected chi connectivity index (χ1v) is 7.26. The summed E-state index contributed by atoms with van der Waals surface area (Å²) < 4.78 is 0. The highest BCUT2D eigenvalue weighted by Crippen LogP contribution is 2.21. The molecule has 1 atom stereocenters. The zero-order valence-electron chi connectivity index (χ0n) is 10.4. The highest BCUT2D eigenvalue weighted by Gasteiger charge is 2.24. The summed E-state index contributed by atoms with van der Waals surface area (Å²) in [6.07, 6.45) is 9.39. The predicted molar refractivity (Wildman–Crippen MR) is 72.6 cm³/mol. The van der Waals surface area contributed by atoms with Crippen LogP contribution in [-0.2, 0) is 0 Å². The number of nitrogens with one attached hydrogen (secondary N) is 1. The fourth-order valence-electron chi connectivity index (χ4n) is 2.86. The van der Waals surface area contributed by atoms with Crippen molar-refractivity contribution >= 4 is 17.3 Å². The summed E-state index contributed by atoms with van der Waals surface area (Å²) in [6.45, 7) is 4.62. The molecular weight excluding hydrogens is 216 g/mol. The van der Waals surface area contributed by atoms with Crippen molar-refractivity contribution in [3.63, 3.8) is 0 Å². The second-order valence-corrected chi connectivity index (χ2v) is 5.68. The lowest BCUT2D eigenvalue weighted by atomic mass is 9.96. The van der Waals surface area contributed by atoms with Crippen LogP contribution >= 0.6 is 12.2 Å². The van der Waals surface area contributed by atoms with Crippen LogP contribution in [0.1, 0.15) is 51.9 Å². The van der Waals surface area contributed by atoms with Crippen molar-refractivity contribution in [2.24, 2.45) is 5.92 Å². The van der Waals surface area contributed by atoms with Gasteiger partial charge in [0.15, 0.2) is 5.11 Å². The third-order valence-corrected chi connectivity index (χ3v) is 4.46. The molecule has 1 heterocycles. The molecule has 1 N–H and O–H groups in total. The van der Waals surface area contributed by atoms with E-state index in [-0.39, 0.29) is 0 Å². The largest absolute Gasteiger partial charge is 0.360 e. The summed E-state index contributed by atoms with van der Waals surface area (Å²) >= 11 is 5.51. The molecule has 0 aromatic heterocycles. The third-order valence-electron chi connectivity index (χ3n) is 4.08. The molecule has 1 aliphatic heterocycles. The molecule has 2 fully saturated rings. The van der Waals surface area contributed by atoms with Crippen LogP contribution in [0.5, 0.6) is 0 Å². The van der Waals surface area contributed by atoms with Gasteiger partial charge < -0.3 is 10.2 Å². The van der Waals surface area contributed by atoms with Gasteiger partial charge in [0.2, 0.25) is 0 Å². The second-order valence-electron chi connectivity index (χ2n) is 5.29. The average molecular weight is 240 g/mol. The van der Waals surface area contributed by atoms with Crippen molar-refractivity contribution in [2.75, 3.05) is 13.1 Å². The Hall–Kier alpha value is -0.310. The van der Waals surface area contributed by atoms with E-state index in [1.807, 2.05) is 0 Å². The van der Waals surface area contributed by atoms with Crippen LogP contribution < -0.4 is 5.32 Å². The fourth-order valence-corrected chi connectivity index (χ4v) is 3.20. The van der Waals surface area contributed by atoms with E-state index >= 15 is 0 Å². The molecule has 0 aromatic rings. The molecule has 16 heavy (non-hydrogen) atoms. The zero-order valence-corrected chi connectivity index (χ0v) is 11.2. The van der Waals surface area contributed by atoms with E-state index in [0.29, 0.717) is 6.04 Å². The van der Waals surface area contributed by atoms with Gasteiger partial charge in [-0.2, -0.15) is 0 Å². The number of thiocarbonyl (C=S) groups is 1. The Balaban J connectivity index is 1.75. The Kier molecular flexibility index (Phi) is 4.45. The van der Waals surface area contributed by atoms with E-state index in [1.54, 1.807) is 0 Å². The van der Waals surface area contributed by atoms with E-state index in [4.69, 9.17) is 12.2 Å². The predicted octanol–water partition coefficient (Wildman–Crippen LogP) is 2.93. The molecule has 0 radical (unpaired) electrons. The molecule has 0 spiro atoms. The average Bonchev–Trinajstić information content (AvgIpc) is 2.79. The number of rotatable bonds is 2. The van der Waals surface area contributed by atoms with Crippen LogP contribution in [0.4, 0.5) is 0 Å². The first kappa shape index (κ1) is 12.2. The van der Waals surface area contributed by atoms with E-state index in [1.165, 1.54) is 51.5 Å². The van der Waals surface area contributed by atoms with Crippen LogP contribution in [0.3, 0.4) is 0 Å². The lowest BCUT2D eigenvalue weighted by molar-refractivity contribution is 0.390. The smallest absolute Gasteiger partial charge is 0.169 e. The first-order chi connectivity index (χ1) is 7.79. The Labute approximate surface area is 105 Å². The summed E-state index contributed by atoms with van der Waals surface area (Å²) in [5.41, 5.74) is 0. The molecule has 92 valence electrons. The molecule has 2 aliphatic rings. The quantitative estimate of drug-likeness (QED) is 0.747. The molecule has 1 saturated heterocycles. The van der Waals surface area contributed by atoms with E-state index < -0.39 is 0 Å². The van der Waals surface area contributed by atoms with Gasteiger partial charge in [-0.1, -0.05) is 32.6 Å². The van der Waals surface area contributed by atoms with E-state index in [9.17, 15) is 0 Å². The molecule has 2 nitrogen and oxygen atoms in total. The van der Waals surface area contributed by atoms with Gasteiger partial charge in [-0.15, -0.1) is 0 Å². The molecule has 0 amide bonds. The number of hydrogen-bond acceptors (Lipinski definition) is 1. The minimum atomic E-state index is 0.655. The lowest BCUT2D eigenvalue weighted by Gasteiger charge is -2.28. The highest BCUT2D eigenvalue weighted by atomic mass is 32.1. The van der Waals surface area contributed by atoms with Crippen molar-refractivity contribution in [1.29, 1.82) is 0 Å². The molecule has 0 aromatic carbocycles. The van der Waals surface area contributed by atoms with Gasteiger partial charge >= 0.3 is 0 Å². The Morgan fingerprint density at radius 1 is 1.25 bits per heavy atom. The van der Waals surface area contributed by atoms with Crippen molar-refractivity contribution < 1.29 is 0 Å². The maximum Gasteiger partial charge on any atom is 0.169 e. The van der Waals surface area contributed by atoms with Gasteiger partial charge in [0, 0.05) is 19.1 Å². The molecule has 3 heteroatoms. The van der Waals surface area contributed by atoms with Crippen LogP contribution in [0, 0.1) is 5.92 Å². The Morgan fingerprint density at radius 3 is 2.62 bits per heavy atom. The molecule has 1 saturated carbocycles. The maximum absolute atomic E-state index is 5.51. The normalized spacial score (nSPS) is 27.1. The van der Waals surface area contributed by atoms with Gasteiger partial charge in [0.05, 0.1) is 0 Å². The SMILES string of the molecule is CCC1CCN(C(=S)NC2CCCCC2)C1. The summed E-state index contributed by atoms with van der Waals surface area (Å²) in [6, 6.07) is 0.655. The summed E-state index contributed by atoms with van der Waals surface area (Å²) in [7, 11) is 0. The molecule has 0 bridgehead atoms. The van der Waals surface area contributed by atoms with E-state index in [2.05, 4.69) is 17.1 Å². The lowest BCUT2D eigenvalue weighted by Crippen LogP contribution is -2.44. The second kappa shape index (κ2) is 5.85. The van der Waals surface area contributed by atoms with Crippen molar-refractivity contribution in [1.82, 2.24) is 10.2 Å². The van der Waals surface area contributed by atoms with Crippen LogP contribution in [-0.4, -0.2) is 29.1 Å². The summed E-state index contributed by atoms with van der Waals surface area (Å²) in [4.78, 5) is 2.37. The van der Waals surface area contributed by atoms with Gasteiger partial charge in [0.25, 0.3) is 0 Å². The highest BCUT2D eigenvalue weighted by molar-refractivity contribution is 7.80. The van der Waals surface area contributed by atoms with Gasteiger partial charge in [-0.05, 0) is 37.4 Å². The Morgan fingerprint density at radius 2 is 2.00 bits per heavy atom. The number of nitrogens with zero attached hydrogens (tertiary/aromatic N) is 1. The molecule has 1 unspecified atom stereocenters. The molecular formula is C13H24N2S.